The second-order valence-corrected chi connectivity index (χ2v) is 7.68. The smallest absolute Gasteiger partial charge is 0.341 e. The Morgan fingerprint density at radius 1 is 0.967 bits per heavy atom. The summed E-state index contributed by atoms with van der Waals surface area (Å²) in [4.78, 5) is 10.6. The minimum absolute atomic E-state index is 0.368. The Morgan fingerprint density at radius 3 is 2.40 bits per heavy atom. The zero-order valence-electron chi connectivity index (χ0n) is 16.0. The highest BCUT2D eigenvalue weighted by Crippen LogP contribution is 2.22. The first-order chi connectivity index (χ1) is 14.5. The summed E-state index contributed by atoms with van der Waals surface area (Å²) in [6.07, 6.45) is 1.90. The highest BCUT2D eigenvalue weighted by Gasteiger charge is 2.20. The minimum Gasteiger partial charge on any atom is -0.482 e. The zero-order valence-corrected chi connectivity index (χ0v) is 17.5. The maximum absolute atomic E-state index is 10.6. The summed E-state index contributed by atoms with van der Waals surface area (Å²) in [6.45, 7) is 0.772. The molecule has 5 nitrogen and oxygen atoms in total. The van der Waals surface area contributed by atoms with Crippen molar-refractivity contribution < 1.29 is 19.2 Å². The molecular weight excluding hydrogens is 423 g/mol. The lowest BCUT2D eigenvalue weighted by Gasteiger charge is -2.04. The average molecular weight is 442 g/mol. The van der Waals surface area contributed by atoms with Crippen molar-refractivity contribution >= 4 is 39.9 Å². The third kappa shape index (κ3) is 4.58. The molecule has 0 atom stereocenters. The molecule has 3 aromatic carbocycles. The first kappa shape index (κ1) is 20.3. The normalized spacial score (nSPS) is 11.0. The lowest BCUT2D eigenvalue weighted by molar-refractivity contribution is -0.685. The first-order valence-corrected chi connectivity index (χ1v) is 10.1. The predicted molar refractivity (Wildman–Crippen MR) is 116 cm³/mol. The summed E-state index contributed by atoms with van der Waals surface area (Å²) in [6, 6.07) is 21.8. The minimum atomic E-state index is -1.01. The van der Waals surface area contributed by atoms with Crippen molar-refractivity contribution in [1.82, 2.24) is 4.57 Å². The number of aromatic nitrogens is 2. The van der Waals surface area contributed by atoms with E-state index in [1.165, 1.54) is 10.8 Å². The average Bonchev–Trinajstić information content (AvgIpc) is 3.01. The van der Waals surface area contributed by atoms with Crippen LogP contribution in [0.25, 0.3) is 10.8 Å². The third-order valence-electron chi connectivity index (χ3n) is 4.76. The third-order valence-corrected chi connectivity index (χ3v) is 5.65. The quantitative estimate of drug-likeness (QED) is 0.419. The lowest BCUT2D eigenvalue weighted by Crippen LogP contribution is -2.33. The van der Waals surface area contributed by atoms with Crippen molar-refractivity contribution in [1.29, 1.82) is 0 Å². The summed E-state index contributed by atoms with van der Waals surface area (Å²) < 4.78 is 8.95. The van der Waals surface area contributed by atoms with Gasteiger partial charge in [0, 0.05) is 0 Å². The Kier molecular flexibility index (Phi) is 5.93. The van der Waals surface area contributed by atoms with Gasteiger partial charge in [0.2, 0.25) is 6.33 Å². The number of ether oxygens (including phenoxy) is 1. The van der Waals surface area contributed by atoms with Crippen LogP contribution in [0.15, 0.2) is 73.1 Å². The van der Waals surface area contributed by atoms with Crippen LogP contribution in [0.2, 0.25) is 10.3 Å². The van der Waals surface area contributed by atoms with Crippen molar-refractivity contribution in [3.8, 4) is 5.75 Å². The molecule has 0 spiro atoms. The molecule has 4 aromatic rings. The molecule has 0 aliphatic rings. The molecule has 0 aliphatic carbocycles. The number of rotatable bonds is 7. The van der Waals surface area contributed by atoms with E-state index >= 15 is 0 Å². The number of carboxylic acid groups (broad SMARTS) is 1. The van der Waals surface area contributed by atoms with E-state index in [0.29, 0.717) is 29.1 Å². The summed E-state index contributed by atoms with van der Waals surface area (Å²) in [5.41, 5.74) is 2.12. The van der Waals surface area contributed by atoms with Crippen LogP contribution < -0.4 is 9.30 Å². The van der Waals surface area contributed by atoms with Crippen LogP contribution in [-0.4, -0.2) is 22.2 Å². The SMILES string of the molecule is O=C(O)COc1ccc(Cn2c[n+](Cc3ccc4ccccc4c3)c(Cl)c2Cl)cc1. The van der Waals surface area contributed by atoms with Gasteiger partial charge in [-0.3, -0.25) is 0 Å². The van der Waals surface area contributed by atoms with Crippen LogP contribution in [0.5, 0.6) is 5.75 Å². The molecule has 7 heteroatoms. The fourth-order valence-corrected chi connectivity index (χ4v) is 3.72. The van der Waals surface area contributed by atoms with Gasteiger partial charge >= 0.3 is 5.97 Å². The van der Waals surface area contributed by atoms with Crippen LogP contribution in [0.3, 0.4) is 0 Å². The van der Waals surface area contributed by atoms with Crippen molar-refractivity contribution in [2.45, 2.75) is 13.1 Å². The summed E-state index contributed by atoms with van der Waals surface area (Å²) >= 11 is 12.9. The van der Waals surface area contributed by atoms with Crippen LogP contribution in [-0.2, 0) is 17.9 Å². The monoisotopic (exact) mass is 441 g/mol. The van der Waals surface area contributed by atoms with Crippen LogP contribution >= 0.6 is 23.2 Å². The van der Waals surface area contributed by atoms with Crippen molar-refractivity contribution in [3.63, 3.8) is 0 Å². The molecule has 1 N–H and O–H groups in total. The molecule has 0 fully saturated rings. The van der Waals surface area contributed by atoms with Gasteiger partial charge in [0.1, 0.15) is 18.8 Å². The van der Waals surface area contributed by atoms with Gasteiger partial charge in [-0.1, -0.05) is 48.5 Å². The summed E-state index contributed by atoms with van der Waals surface area (Å²) in [5.74, 6) is -0.507. The Morgan fingerprint density at radius 2 is 1.67 bits per heavy atom. The number of carboxylic acids is 1. The van der Waals surface area contributed by atoms with Gasteiger partial charge in [-0.05, 0) is 63.3 Å². The maximum atomic E-state index is 10.6. The second-order valence-electron chi connectivity index (χ2n) is 6.96. The number of carbonyl (C=O) groups is 1. The fraction of sp³-hybridized carbons (Fsp3) is 0.130. The van der Waals surface area contributed by atoms with Crippen LogP contribution in [0.1, 0.15) is 11.1 Å². The molecule has 0 unspecified atom stereocenters. The van der Waals surface area contributed by atoms with E-state index in [2.05, 4.69) is 30.3 Å². The molecular formula is C23H19Cl2N2O3+. The number of hydrogen-bond acceptors (Lipinski definition) is 2. The van der Waals surface area contributed by atoms with Crippen molar-refractivity contribution in [2.75, 3.05) is 6.61 Å². The number of benzene rings is 3. The Balaban J connectivity index is 1.50. The molecule has 152 valence electrons. The Hall–Kier alpha value is -3.02. The number of halogens is 2. The second kappa shape index (κ2) is 8.78. The van der Waals surface area contributed by atoms with E-state index in [1.54, 1.807) is 12.1 Å². The van der Waals surface area contributed by atoms with Crippen LogP contribution in [0, 0.1) is 0 Å². The molecule has 1 heterocycles. The lowest BCUT2D eigenvalue weighted by atomic mass is 10.1. The molecule has 0 saturated heterocycles. The number of imidazole rings is 1. The highest BCUT2D eigenvalue weighted by molar-refractivity contribution is 6.39. The summed E-state index contributed by atoms with van der Waals surface area (Å²) in [5, 5.41) is 12.0. The fourth-order valence-electron chi connectivity index (χ4n) is 3.29. The van der Waals surface area contributed by atoms with Crippen molar-refractivity contribution in [2.24, 2.45) is 0 Å². The zero-order chi connectivity index (χ0) is 21.1. The molecule has 1 aromatic heterocycles. The number of hydrogen-bond donors (Lipinski definition) is 1. The molecule has 0 aliphatic heterocycles. The van der Waals surface area contributed by atoms with Gasteiger partial charge < -0.3 is 9.84 Å². The van der Waals surface area contributed by atoms with Gasteiger partial charge in [0.05, 0.1) is 0 Å². The molecule has 0 amide bonds. The number of fused-ring (bicyclic) bond motifs is 1. The van der Waals surface area contributed by atoms with Crippen molar-refractivity contribution in [3.05, 3.63) is 94.5 Å². The molecule has 4 rings (SSSR count). The standard InChI is InChI=1S/C23H18Cl2N2O3/c24-22-23(25)27(13-17-5-8-18-3-1-2-4-19(18)11-17)15-26(22)12-16-6-9-20(10-7-16)30-14-21(28)29/h1-11,15H,12-14H2/p+1. The predicted octanol–water partition coefficient (Wildman–Crippen LogP) is 4.80. The van der Waals surface area contributed by atoms with Gasteiger partial charge in [0.25, 0.3) is 10.3 Å². The van der Waals surface area contributed by atoms with Gasteiger partial charge in [-0.25, -0.2) is 13.9 Å². The summed E-state index contributed by atoms with van der Waals surface area (Å²) in [7, 11) is 0. The number of aliphatic carboxylic acids is 1. The van der Waals surface area contributed by atoms with Gasteiger partial charge in [-0.2, -0.15) is 0 Å². The van der Waals surface area contributed by atoms with E-state index in [0.717, 1.165) is 11.1 Å². The van der Waals surface area contributed by atoms with E-state index < -0.39 is 5.97 Å². The van der Waals surface area contributed by atoms with Gasteiger partial charge in [-0.15, -0.1) is 0 Å². The molecule has 0 saturated carbocycles. The largest absolute Gasteiger partial charge is 0.482 e. The van der Waals surface area contributed by atoms with E-state index in [4.69, 9.17) is 33.0 Å². The number of nitrogens with zero attached hydrogens (tertiary/aromatic N) is 2. The highest BCUT2D eigenvalue weighted by atomic mass is 35.5. The molecule has 0 radical (unpaired) electrons. The Bertz CT molecular complexity index is 1200. The topological polar surface area (TPSA) is 55.3 Å². The van der Waals surface area contributed by atoms with E-state index in [-0.39, 0.29) is 6.61 Å². The first-order valence-electron chi connectivity index (χ1n) is 9.34. The van der Waals surface area contributed by atoms with E-state index in [9.17, 15) is 4.79 Å². The maximum Gasteiger partial charge on any atom is 0.341 e. The van der Waals surface area contributed by atoms with Gasteiger partial charge in [0.15, 0.2) is 6.61 Å². The Labute approximate surface area is 183 Å². The molecule has 30 heavy (non-hydrogen) atoms. The molecule has 0 bridgehead atoms. The van der Waals surface area contributed by atoms with Crippen LogP contribution in [0.4, 0.5) is 0 Å². The van der Waals surface area contributed by atoms with E-state index in [1.807, 2.05) is 39.7 Å².